The molecule has 0 unspecified atom stereocenters. The average molecular weight is 295 g/mol. The molecule has 106 valence electrons. The number of hydrogen-bond donors (Lipinski definition) is 2. The van der Waals surface area contributed by atoms with Gasteiger partial charge in [0.05, 0.1) is 25.2 Å². The Kier molecular flexibility index (Phi) is 4.13. The fourth-order valence-corrected chi connectivity index (χ4v) is 2.56. The van der Waals surface area contributed by atoms with E-state index in [4.69, 9.17) is 16.5 Å². The van der Waals surface area contributed by atoms with E-state index in [0.29, 0.717) is 29.7 Å². The van der Waals surface area contributed by atoms with Crippen LogP contribution in [0, 0.1) is 5.92 Å². The zero-order valence-corrected chi connectivity index (χ0v) is 11.8. The molecule has 0 amide bonds. The first kappa shape index (κ1) is 13.3. The highest BCUT2D eigenvalue weighted by Crippen LogP contribution is 2.24. The lowest BCUT2D eigenvalue weighted by atomic mass is 10.0. The Bertz CT molecular complexity index is 588. The van der Waals surface area contributed by atoms with Crippen molar-refractivity contribution in [1.82, 2.24) is 15.0 Å². The number of quaternary nitrogens is 1. The molecule has 1 fully saturated rings. The van der Waals surface area contributed by atoms with E-state index in [0.717, 1.165) is 12.1 Å². The van der Waals surface area contributed by atoms with Crippen LogP contribution in [-0.4, -0.2) is 34.6 Å². The molecule has 0 spiro atoms. The second-order valence-electron chi connectivity index (χ2n) is 4.96. The third-order valence-electron chi connectivity index (χ3n) is 3.50. The van der Waals surface area contributed by atoms with Crippen LogP contribution in [0.4, 0.5) is 5.82 Å². The summed E-state index contributed by atoms with van der Waals surface area (Å²) in [5, 5.41) is 2.33. The quantitative estimate of drug-likeness (QED) is 0.821. The highest BCUT2D eigenvalue weighted by Gasteiger charge is 2.18. The highest BCUT2D eigenvalue weighted by molar-refractivity contribution is 6.23. The van der Waals surface area contributed by atoms with E-state index >= 15 is 0 Å². The molecule has 1 aliphatic heterocycles. The zero-order valence-electron chi connectivity index (χ0n) is 11.1. The third kappa shape index (κ3) is 2.91. The summed E-state index contributed by atoms with van der Waals surface area (Å²) in [6, 6.07) is 1.75. The molecular formula is C13H17ClN5O+. The number of piperidine rings is 1. The van der Waals surface area contributed by atoms with Crippen LogP contribution in [0.3, 0.4) is 0 Å². The Hall–Kier alpha value is -1.66. The van der Waals surface area contributed by atoms with Crippen LogP contribution in [0.25, 0.3) is 11.0 Å². The molecule has 1 aliphatic rings. The topological polar surface area (TPSA) is 76.5 Å². The molecule has 20 heavy (non-hydrogen) atoms. The van der Waals surface area contributed by atoms with Crippen molar-refractivity contribution in [3.8, 4) is 5.88 Å². The maximum atomic E-state index is 5.87. The van der Waals surface area contributed by atoms with Crippen molar-refractivity contribution in [3.63, 3.8) is 0 Å². The van der Waals surface area contributed by atoms with E-state index in [2.05, 4.69) is 25.1 Å². The predicted molar refractivity (Wildman–Crippen MR) is 76.7 cm³/mol. The summed E-state index contributed by atoms with van der Waals surface area (Å²) in [6.07, 6.45) is 5.72. The fourth-order valence-electron chi connectivity index (χ4n) is 2.46. The number of aromatic nitrogens is 3. The Morgan fingerprint density at radius 1 is 1.40 bits per heavy atom. The molecule has 0 aliphatic carbocycles. The number of fused-ring (bicyclic) bond motifs is 1. The smallest absolute Gasteiger partial charge is 0.244 e. The maximum Gasteiger partial charge on any atom is 0.244 e. The van der Waals surface area contributed by atoms with Gasteiger partial charge in [-0.1, -0.05) is 0 Å². The summed E-state index contributed by atoms with van der Waals surface area (Å²) in [4.78, 5) is 15.4. The molecule has 7 heteroatoms. The number of rotatable bonds is 4. The van der Waals surface area contributed by atoms with Gasteiger partial charge in [-0.3, -0.25) is 9.82 Å². The van der Waals surface area contributed by atoms with Gasteiger partial charge >= 0.3 is 0 Å². The molecule has 1 atom stereocenters. The van der Waals surface area contributed by atoms with Crippen LogP contribution in [0.15, 0.2) is 18.5 Å². The van der Waals surface area contributed by atoms with Crippen LogP contribution < -0.4 is 14.9 Å². The summed E-state index contributed by atoms with van der Waals surface area (Å²) in [6.45, 7) is 2.98. The summed E-state index contributed by atoms with van der Waals surface area (Å²) < 4.78 is 5.87. The minimum absolute atomic E-state index is 0.490. The van der Waals surface area contributed by atoms with E-state index in [1.165, 1.54) is 19.4 Å². The first-order valence-corrected chi connectivity index (χ1v) is 7.17. The number of pyridine rings is 1. The van der Waals surface area contributed by atoms with Gasteiger partial charge in [0, 0.05) is 36.2 Å². The van der Waals surface area contributed by atoms with Crippen LogP contribution in [0.5, 0.6) is 5.88 Å². The van der Waals surface area contributed by atoms with Crippen molar-refractivity contribution < 1.29 is 10.1 Å². The lowest BCUT2D eigenvalue weighted by Crippen LogP contribution is -2.87. The van der Waals surface area contributed by atoms with Gasteiger partial charge < -0.3 is 10.1 Å². The maximum absolute atomic E-state index is 5.87. The van der Waals surface area contributed by atoms with Gasteiger partial charge in [0.2, 0.25) is 5.88 Å². The van der Waals surface area contributed by atoms with Crippen molar-refractivity contribution in [2.45, 2.75) is 12.8 Å². The third-order valence-corrected chi connectivity index (χ3v) is 3.69. The van der Waals surface area contributed by atoms with Gasteiger partial charge in [0.25, 0.3) is 0 Å². The molecule has 0 radical (unpaired) electrons. The molecular weight excluding hydrogens is 278 g/mol. The molecule has 0 saturated carbocycles. The number of nitrogens with two attached hydrogens (primary N) is 1. The van der Waals surface area contributed by atoms with E-state index in [9.17, 15) is 0 Å². The number of halogens is 1. The van der Waals surface area contributed by atoms with Crippen molar-refractivity contribution in [2.75, 3.05) is 24.5 Å². The summed E-state index contributed by atoms with van der Waals surface area (Å²) >= 11 is 5.63. The normalized spacial score (nSPS) is 18.9. The average Bonchev–Trinajstić information content (AvgIpc) is 2.53. The van der Waals surface area contributed by atoms with E-state index < -0.39 is 0 Å². The Balaban J connectivity index is 1.81. The Labute approximate surface area is 122 Å². The largest absolute Gasteiger partial charge is 0.475 e. The van der Waals surface area contributed by atoms with E-state index in [1.54, 1.807) is 18.5 Å². The molecule has 3 N–H and O–H groups in total. The Morgan fingerprint density at radius 2 is 2.30 bits per heavy atom. The van der Waals surface area contributed by atoms with Crippen molar-refractivity contribution in [2.24, 2.45) is 5.92 Å². The Morgan fingerprint density at radius 3 is 3.10 bits per heavy atom. The number of hydrogen-bond acceptors (Lipinski definition) is 5. The van der Waals surface area contributed by atoms with Gasteiger partial charge in [-0.25, -0.2) is 4.98 Å². The fraction of sp³-hybridized carbons (Fsp3) is 0.462. The first-order chi connectivity index (χ1) is 9.86. The first-order valence-electron chi connectivity index (χ1n) is 6.79. The van der Waals surface area contributed by atoms with Gasteiger partial charge in [-0.05, 0) is 12.8 Å². The zero-order chi connectivity index (χ0) is 13.8. The van der Waals surface area contributed by atoms with Crippen molar-refractivity contribution in [1.29, 1.82) is 0 Å². The van der Waals surface area contributed by atoms with Gasteiger partial charge in [-0.15, -0.1) is 0 Å². The summed E-state index contributed by atoms with van der Waals surface area (Å²) in [5.41, 5.74) is 1.39. The number of ether oxygens (including phenoxy) is 1. The molecule has 3 rings (SSSR count). The minimum Gasteiger partial charge on any atom is -0.475 e. The molecule has 0 aromatic carbocycles. The monoisotopic (exact) mass is 294 g/mol. The van der Waals surface area contributed by atoms with Crippen molar-refractivity contribution >= 4 is 28.6 Å². The molecule has 2 aromatic rings. The summed E-state index contributed by atoms with van der Waals surface area (Å²) in [7, 11) is 0. The summed E-state index contributed by atoms with van der Waals surface area (Å²) in [5.74, 6) is 1.57. The minimum atomic E-state index is 0.490. The van der Waals surface area contributed by atoms with Crippen LogP contribution >= 0.6 is 11.8 Å². The SMILES string of the molecule is ClNc1cc2nccnc2c(OC[C@H]2CCC[NH2+]C2)n1. The van der Waals surface area contributed by atoms with Crippen LogP contribution in [-0.2, 0) is 0 Å². The molecule has 2 aromatic heterocycles. The van der Waals surface area contributed by atoms with E-state index in [-0.39, 0.29) is 0 Å². The number of nitrogens with zero attached hydrogens (tertiary/aromatic N) is 3. The van der Waals surface area contributed by atoms with Gasteiger partial charge in [0.15, 0.2) is 5.52 Å². The van der Waals surface area contributed by atoms with Crippen LogP contribution in [0.2, 0.25) is 0 Å². The predicted octanol–water partition coefficient (Wildman–Crippen LogP) is 0.943. The molecule has 6 nitrogen and oxygen atoms in total. The number of anilines is 1. The highest BCUT2D eigenvalue weighted by atomic mass is 35.5. The standard InChI is InChI=1S/C13H16ClN5O/c14-19-11-6-10-12(17-5-4-16-10)13(18-11)20-8-9-2-1-3-15-7-9/h4-6,9,15H,1-3,7-8H2,(H,18,19)/p+1/t9-/m0/s1. The second-order valence-corrected chi connectivity index (χ2v) is 5.15. The van der Waals surface area contributed by atoms with Crippen LogP contribution in [0.1, 0.15) is 12.8 Å². The lowest BCUT2D eigenvalue weighted by Gasteiger charge is -2.20. The molecule has 3 heterocycles. The second kappa shape index (κ2) is 6.19. The van der Waals surface area contributed by atoms with Gasteiger partial charge in [0.1, 0.15) is 5.82 Å². The van der Waals surface area contributed by atoms with Crippen molar-refractivity contribution in [3.05, 3.63) is 18.5 Å². The lowest BCUT2D eigenvalue weighted by molar-refractivity contribution is -0.669. The van der Waals surface area contributed by atoms with E-state index in [1.807, 2.05) is 0 Å². The molecule has 0 bridgehead atoms. The molecule has 1 saturated heterocycles. The van der Waals surface area contributed by atoms with Gasteiger partial charge in [-0.2, -0.15) is 4.98 Å². The number of nitrogens with one attached hydrogen (secondary N) is 1.